The Kier molecular flexibility index (Phi) is 5.30. The zero-order valence-electron chi connectivity index (χ0n) is 16.3. The lowest BCUT2D eigenvalue weighted by atomic mass is 10.1. The third-order valence-electron chi connectivity index (χ3n) is 5.35. The number of pyridine rings is 1. The molecule has 2 aromatic heterocycles. The lowest BCUT2D eigenvalue weighted by molar-refractivity contribution is 0.0727. The van der Waals surface area contributed by atoms with Gasteiger partial charge in [-0.2, -0.15) is 0 Å². The van der Waals surface area contributed by atoms with Crippen LogP contribution < -0.4 is 11.1 Å². The molecule has 3 rings (SSSR count). The van der Waals surface area contributed by atoms with E-state index in [1.165, 1.54) is 0 Å². The molecule has 0 bridgehead atoms. The van der Waals surface area contributed by atoms with Crippen LogP contribution in [0.5, 0.6) is 0 Å². The number of likely N-dealkylation sites (tertiary alicyclic amines) is 1. The summed E-state index contributed by atoms with van der Waals surface area (Å²) in [6.07, 6.45) is 2.83. The average molecular weight is 370 g/mol. The van der Waals surface area contributed by atoms with Crippen LogP contribution in [0.1, 0.15) is 71.4 Å². The monoisotopic (exact) mass is 370 g/mol. The minimum absolute atomic E-state index is 0.140. The number of carbonyl (C=O) groups excluding carboxylic acids is 1. The van der Waals surface area contributed by atoms with Crippen molar-refractivity contribution in [3.8, 4) is 0 Å². The molecule has 1 amide bonds. The Morgan fingerprint density at radius 2 is 1.93 bits per heavy atom. The van der Waals surface area contributed by atoms with Gasteiger partial charge in [0.25, 0.3) is 17.0 Å². The summed E-state index contributed by atoms with van der Waals surface area (Å²) in [6, 6.07) is 1.34. The van der Waals surface area contributed by atoms with E-state index in [1.54, 1.807) is 11.0 Å². The van der Waals surface area contributed by atoms with Gasteiger partial charge < -0.3 is 14.9 Å². The van der Waals surface area contributed by atoms with Crippen molar-refractivity contribution in [3.63, 3.8) is 0 Å². The van der Waals surface area contributed by atoms with Crippen molar-refractivity contribution in [1.82, 2.24) is 19.9 Å². The van der Waals surface area contributed by atoms with Crippen LogP contribution in [0, 0.1) is 13.8 Å². The molecule has 0 unspecified atom stereocenters. The Bertz CT molecular complexity index is 990. The quantitative estimate of drug-likeness (QED) is 0.862. The molecule has 0 radical (unpaired) electrons. The molecular formula is C20H26N4O3. The minimum atomic E-state index is -0.368. The van der Waals surface area contributed by atoms with Crippen molar-refractivity contribution in [2.24, 2.45) is 0 Å². The van der Waals surface area contributed by atoms with E-state index in [0.29, 0.717) is 42.9 Å². The first-order valence-electron chi connectivity index (χ1n) is 9.50. The van der Waals surface area contributed by atoms with E-state index in [1.807, 2.05) is 27.7 Å². The summed E-state index contributed by atoms with van der Waals surface area (Å²) in [4.78, 5) is 49.7. The van der Waals surface area contributed by atoms with Gasteiger partial charge in [-0.15, -0.1) is 0 Å². The molecule has 1 aliphatic heterocycles. The fraction of sp³-hybridized carbons (Fsp3) is 0.500. The number of nitrogens with zero attached hydrogens (tertiary/aromatic N) is 2. The van der Waals surface area contributed by atoms with Crippen molar-refractivity contribution in [2.75, 3.05) is 6.54 Å². The van der Waals surface area contributed by atoms with Gasteiger partial charge in [0.05, 0.1) is 6.04 Å². The number of nitrogens with one attached hydrogen (secondary N) is 2. The van der Waals surface area contributed by atoms with E-state index < -0.39 is 0 Å². The first-order valence-corrected chi connectivity index (χ1v) is 9.50. The van der Waals surface area contributed by atoms with Gasteiger partial charge in [0.2, 0.25) is 0 Å². The fourth-order valence-corrected chi connectivity index (χ4v) is 3.85. The Morgan fingerprint density at radius 3 is 2.56 bits per heavy atom. The fourth-order valence-electron chi connectivity index (χ4n) is 3.85. The summed E-state index contributed by atoms with van der Waals surface area (Å²) >= 11 is 0. The molecular weight excluding hydrogens is 344 g/mol. The topological polar surface area (TPSA) is 98.9 Å². The molecule has 1 saturated heterocycles. The number of rotatable bonds is 4. The van der Waals surface area contributed by atoms with Crippen LogP contribution in [-0.4, -0.2) is 32.3 Å². The van der Waals surface area contributed by atoms with Crippen molar-refractivity contribution >= 4 is 5.91 Å². The highest BCUT2D eigenvalue weighted by Crippen LogP contribution is 2.30. The van der Waals surface area contributed by atoms with E-state index in [-0.39, 0.29) is 28.6 Å². The summed E-state index contributed by atoms with van der Waals surface area (Å²) in [7, 11) is 0. The highest BCUT2D eigenvalue weighted by molar-refractivity contribution is 5.94. The lowest BCUT2D eigenvalue weighted by Gasteiger charge is -2.24. The number of aromatic amines is 2. The van der Waals surface area contributed by atoms with Gasteiger partial charge in [-0.3, -0.25) is 14.4 Å². The number of amides is 1. The van der Waals surface area contributed by atoms with E-state index in [0.717, 1.165) is 17.7 Å². The third-order valence-corrected chi connectivity index (χ3v) is 5.35. The van der Waals surface area contributed by atoms with Crippen molar-refractivity contribution < 1.29 is 4.79 Å². The number of H-pyrrole nitrogens is 2. The minimum Gasteiger partial charge on any atom is -0.328 e. The average Bonchev–Trinajstić information content (AvgIpc) is 3.12. The maximum Gasteiger partial charge on any atom is 0.261 e. The van der Waals surface area contributed by atoms with Gasteiger partial charge >= 0.3 is 0 Å². The molecule has 2 aromatic rings. The summed E-state index contributed by atoms with van der Waals surface area (Å²) in [5, 5.41) is 0. The van der Waals surface area contributed by atoms with Crippen LogP contribution in [0.2, 0.25) is 0 Å². The van der Waals surface area contributed by atoms with Crippen LogP contribution in [0.4, 0.5) is 0 Å². The van der Waals surface area contributed by atoms with Gasteiger partial charge in [0.1, 0.15) is 11.4 Å². The van der Waals surface area contributed by atoms with Gasteiger partial charge in [-0.1, -0.05) is 13.8 Å². The summed E-state index contributed by atoms with van der Waals surface area (Å²) in [5.41, 5.74) is 2.71. The normalized spacial score (nSPS) is 16.7. The second kappa shape index (κ2) is 7.50. The van der Waals surface area contributed by atoms with Crippen molar-refractivity contribution in [2.45, 2.75) is 59.4 Å². The Labute approximate surface area is 157 Å². The molecule has 3 heterocycles. The lowest BCUT2D eigenvalue weighted by Crippen LogP contribution is -2.36. The van der Waals surface area contributed by atoms with E-state index in [9.17, 15) is 14.4 Å². The van der Waals surface area contributed by atoms with E-state index in [2.05, 4.69) is 15.0 Å². The SMILES string of the molecule is CCc1[nH]c(=O)c(C(=O)N2CCC[C@@H]2c2nc(C)c(CC)c(=O)[nH]2)cc1C. The number of hydrogen-bond donors (Lipinski definition) is 2. The van der Waals surface area contributed by atoms with E-state index >= 15 is 0 Å². The molecule has 27 heavy (non-hydrogen) atoms. The highest BCUT2D eigenvalue weighted by Gasteiger charge is 2.33. The molecule has 0 aliphatic carbocycles. The summed E-state index contributed by atoms with van der Waals surface area (Å²) < 4.78 is 0. The molecule has 1 fully saturated rings. The molecule has 7 heteroatoms. The predicted molar refractivity (Wildman–Crippen MR) is 103 cm³/mol. The van der Waals surface area contributed by atoms with Gasteiger partial charge in [-0.25, -0.2) is 4.98 Å². The van der Waals surface area contributed by atoms with Crippen LogP contribution in [0.15, 0.2) is 15.7 Å². The Hall–Kier alpha value is -2.70. The molecule has 0 spiro atoms. The number of hydrogen-bond acceptors (Lipinski definition) is 4. The van der Waals surface area contributed by atoms with Crippen LogP contribution >= 0.6 is 0 Å². The number of aryl methyl sites for hydroxylation is 3. The number of aromatic nitrogens is 3. The van der Waals surface area contributed by atoms with Gasteiger partial charge in [0, 0.05) is 23.5 Å². The third kappa shape index (κ3) is 3.46. The highest BCUT2D eigenvalue weighted by atomic mass is 16.2. The maximum atomic E-state index is 13.1. The first-order chi connectivity index (χ1) is 12.9. The summed E-state index contributed by atoms with van der Waals surface area (Å²) in [6.45, 7) is 8.12. The molecule has 2 N–H and O–H groups in total. The zero-order valence-corrected chi connectivity index (χ0v) is 16.3. The largest absolute Gasteiger partial charge is 0.328 e. The van der Waals surface area contributed by atoms with Crippen LogP contribution in [0.25, 0.3) is 0 Å². The predicted octanol–water partition coefficient (Wildman–Crippen LogP) is 2.18. The van der Waals surface area contributed by atoms with Crippen molar-refractivity contribution in [3.05, 3.63) is 60.7 Å². The van der Waals surface area contributed by atoms with Gasteiger partial charge in [0.15, 0.2) is 0 Å². The molecule has 7 nitrogen and oxygen atoms in total. The molecule has 0 aromatic carbocycles. The maximum absolute atomic E-state index is 13.1. The summed E-state index contributed by atoms with van der Waals surface area (Å²) in [5.74, 6) is 0.184. The zero-order chi connectivity index (χ0) is 19.7. The molecule has 1 aliphatic rings. The van der Waals surface area contributed by atoms with Crippen LogP contribution in [0.3, 0.4) is 0 Å². The van der Waals surface area contributed by atoms with E-state index in [4.69, 9.17) is 0 Å². The number of carbonyl (C=O) groups is 1. The van der Waals surface area contributed by atoms with Crippen molar-refractivity contribution in [1.29, 1.82) is 0 Å². The molecule has 1 atom stereocenters. The standard InChI is InChI=1S/C20H26N4O3/c1-5-13-12(4)21-17(23-18(13)25)16-8-7-9-24(16)20(27)14-10-11(3)15(6-2)22-19(14)26/h10,16H,5-9H2,1-4H3,(H,22,26)(H,21,23,25)/t16-/m1/s1. The Balaban J connectivity index is 1.98. The first kappa shape index (κ1) is 19.1. The Morgan fingerprint density at radius 1 is 1.19 bits per heavy atom. The molecule has 0 saturated carbocycles. The smallest absolute Gasteiger partial charge is 0.261 e. The second-order valence-electron chi connectivity index (χ2n) is 7.05. The second-order valence-corrected chi connectivity index (χ2v) is 7.05. The molecule has 144 valence electrons. The van der Waals surface area contributed by atoms with Gasteiger partial charge in [-0.05, 0) is 51.2 Å². The van der Waals surface area contributed by atoms with Crippen LogP contribution in [-0.2, 0) is 12.8 Å².